The molecule has 0 bridgehead atoms. The molecule has 1 N–H and O–H groups in total. The fourth-order valence-corrected chi connectivity index (χ4v) is 3.67. The lowest BCUT2D eigenvalue weighted by Gasteiger charge is -2.18. The van der Waals surface area contributed by atoms with Crippen LogP contribution in [0, 0.1) is 6.92 Å². The van der Waals surface area contributed by atoms with Gasteiger partial charge in [0.05, 0.1) is 17.7 Å². The molecule has 0 fully saturated rings. The largest absolute Gasteiger partial charge is 0.467 e. The standard InChI is InChI=1S/C24H23ClN2O4/c1-15-6-4-8-19(25)21(15)22(28)26-20(24(30)31-3)14-16-9-11-17(12-10-16)18-7-5-13-27(2)23(18)29/h4-13,20H,14H2,1-3H3,(H,26,28). The van der Waals surface area contributed by atoms with E-state index in [1.807, 2.05) is 30.3 Å². The van der Waals surface area contributed by atoms with Gasteiger partial charge in [-0.05, 0) is 41.8 Å². The fraction of sp³-hybridized carbons (Fsp3) is 0.208. The lowest BCUT2D eigenvalue weighted by Crippen LogP contribution is -2.43. The first-order valence-corrected chi connectivity index (χ1v) is 10.1. The van der Waals surface area contributed by atoms with E-state index < -0.39 is 17.9 Å². The maximum atomic E-state index is 12.8. The number of carbonyl (C=O) groups is 2. The molecule has 7 heteroatoms. The molecule has 2 aromatic carbocycles. The first-order valence-electron chi connectivity index (χ1n) is 9.70. The van der Waals surface area contributed by atoms with Crippen LogP contribution in [0.3, 0.4) is 0 Å². The second kappa shape index (κ2) is 9.62. The Morgan fingerprint density at radius 1 is 1.10 bits per heavy atom. The molecule has 0 spiro atoms. The number of esters is 1. The number of halogens is 1. The van der Waals surface area contributed by atoms with Gasteiger partial charge in [-0.2, -0.15) is 0 Å². The Balaban J connectivity index is 1.81. The number of rotatable bonds is 6. The normalized spacial score (nSPS) is 11.6. The van der Waals surface area contributed by atoms with Crippen LogP contribution in [0.2, 0.25) is 5.02 Å². The van der Waals surface area contributed by atoms with Gasteiger partial charge >= 0.3 is 5.97 Å². The van der Waals surface area contributed by atoms with Crippen molar-refractivity contribution in [1.82, 2.24) is 9.88 Å². The summed E-state index contributed by atoms with van der Waals surface area (Å²) in [5.74, 6) is -0.998. The molecule has 0 aliphatic carbocycles. The molecule has 0 radical (unpaired) electrons. The van der Waals surface area contributed by atoms with Crippen molar-refractivity contribution in [1.29, 1.82) is 0 Å². The summed E-state index contributed by atoms with van der Waals surface area (Å²) in [6, 6.07) is 15.1. The Kier molecular flexibility index (Phi) is 6.92. The van der Waals surface area contributed by atoms with E-state index >= 15 is 0 Å². The fourth-order valence-electron chi connectivity index (χ4n) is 3.36. The van der Waals surface area contributed by atoms with Gasteiger partial charge in [0.2, 0.25) is 0 Å². The molecule has 1 heterocycles. The lowest BCUT2D eigenvalue weighted by molar-refractivity contribution is -0.142. The second-order valence-corrected chi connectivity index (χ2v) is 7.63. The van der Waals surface area contributed by atoms with E-state index in [2.05, 4.69) is 5.32 Å². The summed E-state index contributed by atoms with van der Waals surface area (Å²) in [7, 11) is 2.97. The number of hydrogen-bond acceptors (Lipinski definition) is 4. The van der Waals surface area contributed by atoms with E-state index in [4.69, 9.17) is 16.3 Å². The van der Waals surface area contributed by atoms with Crippen molar-refractivity contribution in [3.8, 4) is 11.1 Å². The Bertz CT molecular complexity index is 1150. The number of nitrogens with one attached hydrogen (secondary N) is 1. The molecule has 0 saturated carbocycles. The van der Waals surface area contributed by atoms with Crippen LogP contribution in [0.1, 0.15) is 21.5 Å². The highest BCUT2D eigenvalue weighted by Crippen LogP contribution is 2.20. The van der Waals surface area contributed by atoms with Crippen molar-refractivity contribution < 1.29 is 14.3 Å². The zero-order chi connectivity index (χ0) is 22.5. The topological polar surface area (TPSA) is 77.4 Å². The molecular formula is C24H23ClN2O4. The van der Waals surface area contributed by atoms with E-state index in [-0.39, 0.29) is 12.0 Å². The van der Waals surface area contributed by atoms with Gasteiger partial charge in [0, 0.05) is 25.2 Å². The number of methoxy groups -OCH3 is 1. The van der Waals surface area contributed by atoms with E-state index in [1.54, 1.807) is 44.4 Å². The van der Waals surface area contributed by atoms with Gasteiger partial charge in [0.15, 0.2) is 0 Å². The van der Waals surface area contributed by atoms with Crippen molar-refractivity contribution in [3.05, 3.63) is 92.9 Å². The third-order valence-electron chi connectivity index (χ3n) is 5.07. The van der Waals surface area contributed by atoms with Gasteiger partial charge in [-0.25, -0.2) is 4.79 Å². The summed E-state index contributed by atoms with van der Waals surface area (Å²) >= 11 is 6.18. The highest BCUT2D eigenvalue weighted by atomic mass is 35.5. The summed E-state index contributed by atoms with van der Waals surface area (Å²) < 4.78 is 6.39. The van der Waals surface area contributed by atoms with E-state index in [0.29, 0.717) is 21.7 Å². The number of pyridine rings is 1. The number of nitrogens with zero attached hydrogens (tertiary/aromatic N) is 1. The average Bonchev–Trinajstić information content (AvgIpc) is 2.75. The Morgan fingerprint density at radius 2 is 1.81 bits per heavy atom. The average molecular weight is 439 g/mol. The minimum absolute atomic E-state index is 0.0925. The highest BCUT2D eigenvalue weighted by Gasteiger charge is 2.24. The number of ether oxygens (including phenoxy) is 1. The van der Waals surface area contributed by atoms with Crippen LogP contribution in [-0.4, -0.2) is 29.6 Å². The smallest absolute Gasteiger partial charge is 0.328 e. The molecule has 1 atom stereocenters. The third kappa shape index (κ3) is 5.03. The summed E-state index contributed by atoms with van der Waals surface area (Å²) in [4.78, 5) is 37.4. The number of aromatic nitrogens is 1. The van der Waals surface area contributed by atoms with Gasteiger partial charge in [0.25, 0.3) is 11.5 Å². The number of aryl methyl sites for hydroxylation is 2. The molecule has 0 aliphatic rings. The number of carbonyl (C=O) groups excluding carboxylic acids is 2. The predicted molar refractivity (Wildman–Crippen MR) is 120 cm³/mol. The molecule has 3 rings (SSSR count). The zero-order valence-electron chi connectivity index (χ0n) is 17.5. The van der Waals surface area contributed by atoms with Crippen LogP contribution in [-0.2, 0) is 23.0 Å². The Morgan fingerprint density at radius 3 is 2.45 bits per heavy atom. The van der Waals surface area contributed by atoms with Crippen molar-refractivity contribution in [2.75, 3.05) is 7.11 Å². The second-order valence-electron chi connectivity index (χ2n) is 7.22. The van der Waals surface area contributed by atoms with Gasteiger partial charge < -0.3 is 14.6 Å². The Hall–Kier alpha value is -3.38. The molecule has 160 valence electrons. The van der Waals surface area contributed by atoms with Crippen molar-refractivity contribution in [3.63, 3.8) is 0 Å². The van der Waals surface area contributed by atoms with Gasteiger partial charge in [-0.15, -0.1) is 0 Å². The molecular weight excluding hydrogens is 416 g/mol. The highest BCUT2D eigenvalue weighted by molar-refractivity contribution is 6.34. The summed E-state index contributed by atoms with van der Waals surface area (Å²) in [6.45, 7) is 1.78. The van der Waals surface area contributed by atoms with Crippen molar-refractivity contribution in [2.45, 2.75) is 19.4 Å². The van der Waals surface area contributed by atoms with Crippen LogP contribution < -0.4 is 10.9 Å². The molecule has 3 aromatic rings. The van der Waals surface area contributed by atoms with E-state index in [9.17, 15) is 14.4 Å². The van der Waals surface area contributed by atoms with Crippen molar-refractivity contribution in [2.24, 2.45) is 7.05 Å². The SMILES string of the molecule is COC(=O)C(Cc1ccc(-c2cccn(C)c2=O)cc1)NC(=O)c1c(C)cccc1Cl. The number of amides is 1. The molecule has 1 unspecified atom stereocenters. The predicted octanol–water partition coefficient (Wildman–Crippen LogP) is 3.53. The van der Waals surface area contributed by atoms with Crippen LogP contribution in [0.4, 0.5) is 0 Å². The minimum Gasteiger partial charge on any atom is -0.467 e. The summed E-state index contributed by atoms with van der Waals surface area (Å²) in [6.07, 6.45) is 1.93. The Labute approximate surface area is 185 Å². The van der Waals surface area contributed by atoms with Gasteiger partial charge in [0.1, 0.15) is 6.04 Å². The van der Waals surface area contributed by atoms with E-state index in [0.717, 1.165) is 11.1 Å². The molecule has 0 saturated heterocycles. The number of benzene rings is 2. The number of hydrogen-bond donors (Lipinski definition) is 1. The zero-order valence-corrected chi connectivity index (χ0v) is 18.3. The van der Waals surface area contributed by atoms with Crippen molar-refractivity contribution >= 4 is 23.5 Å². The van der Waals surface area contributed by atoms with Gasteiger partial charge in [-0.3, -0.25) is 9.59 Å². The molecule has 31 heavy (non-hydrogen) atoms. The third-order valence-corrected chi connectivity index (χ3v) is 5.38. The first-order chi connectivity index (χ1) is 14.8. The maximum Gasteiger partial charge on any atom is 0.328 e. The van der Waals surface area contributed by atoms with Crippen LogP contribution in [0.15, 0.2) is 65.6 Å². The van der Waals surface area contributed by atoms with Crippen LogP contribution >= 0.6 is 11.6 Å². The molecule has 1 amide bonds. The molecule has 6 nitrogen and oxygen atoms in total. The summed E-state index contributed by atoms with van der Waals surface area (Å²) in [5, 5.41) is 3.04. The lowest BCUT2D eigenvalue weighted by atomic mass is 10.0. The molecule has 0 aliphatic heterocycles. The molecule has 1 aromatic heterocycles. The van der Waals surface area contributed by atoms with E-state index in [1.165, 1.54) is 11.7 Å². The first kappa shape index (κ1) is 22.3. The maximum absolute atomic E-state index is 12.8. The van der Waals surface area contributed by atoms with Gasteiger partial charge in [-0.1, -0.05) is 48.0 Å². The van der Waals surface area contributed by atoms with Crippen LogP contribution in [0.5, 0.6) is 0 Å². The quantitative estimate of drug-likeness (QED) is 0.597. The summed E-state index contributed by atoms with van der Waals surface area (Å²) in [5.41, 5.74) is 3.11. The monoisotopic (exact) mass is 438 g/mol. The minimum atomic E-state index is -0.886. The van der Waals surface area contributed by atoms with Crippen LogP contribution in [0.25, 0.3) is 11.1 Å².